The van der Waals surface area contributed by atoms with Crippen LogP contribution in [0.5, 0.6) is 5.75 Å². The van der Waals surface area contributed by atoms with E-state index in [0.717, 1.165) is 22.5 Å². The minimum absolute atomic E-state index is 0.469. The highest BCUT2D eigenvalue weighted by Gasteiger charge is 2.20. The predicted molar refractivity (Wildman–Crippen MR) is 77.0 cm³/mol. The van der Waals surface area contributed by atoms with Crippen LogP contribution in [0.2, 0.25) is 0 Å². The average molecular weight is 322 g/mol. The van der Waals surface area contributed by atoms with Gasteiger partial charge in [-0.25, -0.2) is 0 Å². The monoisotopic (exact) mass is 321 g/mol. The fourth-order valence-electron chi connectivity index (χ4n) is 1.87. The molecule has 0 saturated heterocycles. The van der Waals surface area contributed by atoms with Gasteiger partial charge in [0.05, 0.1) is 6.26 Å². The fourth-order valence-corrected chi connectivity index (χ4v) is 2.14. The number of hydrogen-bond acceptors (Lipinski definition) is 3. The molecule has 1 aromatic heterocycles. The number of ether oxygens (including phenoxy) is 1. The van der Waals surface area contributed by atoms with E-state index in [4.69, 9.17) is 9.15 Å². The van der Waals surface area contributed by atoms with Crippen molar-refractivity contribution in [3.05, 3.63) is 52.4 Å². The van der Waals surface area contributed by atoms with E-state index in [1.807, 2.05) is 30.3 Å². The van der Waals surface area contributed by atoms with Crippen LogP contribution in [0.25, 0.3) is 0 Å². The van der Waals surface area contributed by atoms with Crippen molar-refractivity contribution in [3.8, 4) is 5.75 Å². The molecule has 1 aliphatic rings. The normalized spacial score (nSPS) is 14.6. The Morgan fingerprint density at radius 3 is 2.74 bits per heavy atom. The summed E-state index contributed by atoms with van der Waals surface area (Å²) in [4.78, 5) is 0. The van der Waals surface area contributed by atoms with Gasteiger partial charge >= 0.3 is 0 Å². The molecule has 0 amide bonds. The fraction of sp³-hybridized carbons (Fsp3) is 0.333. The van der Waals surface area contributed by atoms with Crippen LogP contribution >= 0.6 is 15.9 Å². The minimum Gasteiger partial charge on any atom is -0.486 e. The predicted octanol–water partition coefficient (Wildman–Crippen LogP) is 3.87. The summed E-state index contributed by atoms with van der Waals surface area (Å²) in [6.45, 7) is 1.33. The van der Waals surface area contributed by atoms with E-state index in [0.29, 0.717) is 12.6 Å². The van der Waals surface area contributed by atoms with E-state index < -0.39 is 0 Å². The molecule has 0 atom stereocenters. The summed E-state index contributed by atoms with van der Waals surface area (Å²) in [5, 5.41) is 3.48. The zero-order valence-corrected chi connectivity index (χ0v) is 12.2. The zero-order valence-electron chi connectivity index (χ0n) is 10.6. The van der Waals surface area contributed by atoms with Gasteiger partial charge in [0.25, 0.3) is 0 Å². The van der Waals surface area contributed by atoms with Crippen LogP contribution in [-0.2, 0) is 13.2 Å². The summed E-state index contributed by atoms with van der Waals surface area (Å²) >= 11 is 3.40. The maximum absolute atomic E-state index is 5.73. The van der Waals surface area contributed by atoms with E-state index in [2.05, 4.69) is 21.2 Å². The van der Waals surface area contributed by atoms with Crippen molar-refractivity contribution < 1.29 is 9.15 Å². The number of benzene rings is 1. The van der Waals surface area contributed by atoms with E-state index >= 15 is 0 Å². The second-order valence-corrected chi connectivity index (χ2v) is 5.68. The average Bonchev–Trinajstić information content (AvgIpc) is 3.15. The lowest BCUT2D eigenvalue weighted by molar-refractivity contribution is 0.268. The molecule has 0 radical (unpaired) electrons. The summed E-state index contributed by atoms with van der Waals surface area (Å²) < 4.78 is 12.3. The van der Waals surface area contributed by atoms with Crippen molar-refractivity contribution in [1.82, 2.24) is 5.32 Å². The standard InChI is InChI=1S/C15H16BrNO2/c16-12-1-5-14(6-2-12)19-10-15-11(7-8-18-15)9-17-13-3-4-13/h1-2,5-8,13,17H,3-4,9-10H2. The Hall–Kier alpha value is -1.26. The highest BCUT2D eigenvalue weighted by Crippen LogP contribution is 2.21. The quantitative estimate of drug-likeness (QED) is 0.877. The lowest BCUT2D eigenvalue weighted by Gasteiger charge is -2.07. The van der Waals surface area contributed by atoms with E-state index in [1.54, 1.807) is 6.26 Å². The molecule has 0 bridgehead atoms. The molecule has 1 aromatic carbocycles. The molecule has 3 nitrogen and oxygen atoms in total. The third-order valence-electron chi connectivity index (χ3n) is 3.18. The molecule has 1 fully saturated rings. The first-order valence-corrected chi connectivity index (χ1v) is 7.27. The van der Waals surface area contributed by atoms with Crippen molar-refractivity contribution in [2.45, 2.75) is 32.0 Å². The smallest absolute Gasteiger partial charge is 0.146 e. The van der Waals surface area contributed by atoms with Gasteiger partial charge in [0.2, 0.25) is 0 Å². The number of halogens is 1. The van der Waals surface area contributed by atoms with Crippen LogP contribution in [0.3, 0.4) is 0 Å². The summed E-state index contributed by atoms with van der Waals surface area (Å²) in [5.74, 6) is 1.75. The summed E-state index contributed by atoms with van der Waals surface area (Å²) in [6, 6.07) is 10.5. The molecule has 0 unspecified atom stereocenters. The van der Waals surface area contributed by atoms with Crippen molar-refractivity contribution in [3.63, 3.8) is 0 Å². The van der Waals surface area contributed by atoms with Gasteiger partial charge in [-0.15, -0.1) is 0 Å². The van der Waals surface area contributed by atoms with Crippen LogP contribution in [0.4, 0.5) is 0 Å². The second kappa shape index (κ2) is 5.80. The lowest BCUT2D eigenvalue weighted by Crippen LogP contribution is -2.16. The molecule has 4 heteroatoms. The molecule has 100 valence electrons. The molecule has 1 saturated carbocycles. The zero-order chi connectivity index (χ0) is 13.1. The van der Waals surface area contributed by atoms with Crippen LogP contribution in [0.1, 0.15) is 24.2 Å². The van der Waals surface area contributed by atoms with Gasteiger partial charge in [-0.3, -0.25) is 0 Å². The van der Waals surface area contributed by atoms with Gasteiger partial charge in [-0.2, -0.15) is 0 Å². The number of nitrogens with one attached hydrogen (secondary N) is 1. The molecule has 1 N–H and O–H groups in total. The summed E-state index contributed by atoms with van der Waals surface area (Å²) in [7, 11) is 0. The largest absolute Gasteiger partial charge is 0.486 e. The molecule has 1 heterocycles. The van der Waals surface area contributed by atoms with Crippen LogP contribution in [0, 0.1) is 0 Å². The molecule has 0 spiro atoms. The van der Waals surface area contributed by atoms with Crippen molar-refractivity contribution in [2.24, 2.45) is 0 Å². The SMILES string of the molecule is Brc1ccc(OCc2occc2CNC2CC2)cc1. The Bertz CT molecular complexity index is 531. The van der Waals surface area contributed by atoms with Crippen LogP contribution in [0.15, 0.2) is 45.5 Å². The number of hydrogen-bond donors (Lipinski definition) is 1. The number of rotatable bonds is 6. The first-order valence-electron chi connectivity index (χ1n) is 6.48. The Morgan fingerprint density at radius 1 is 1.21 bits per heavy atom. The second-order valence-electron chi connectivity index (χ2n) is 4.77. The van der Waals surface area contributed by atoms with Gasteiger partial charge in [0.15, 0.2) is 0 Å². The molecule has 3 rings (SSSR count). The highest BCUT2D eigenvalue weighted by atomic mass is 79.9. The van der Waals surface area contributed by atoms with Crippen LogP contribution in [-0.4, -0.2) is 6.04 Å². The molecule has 19 heavy (non-hydrogen) atoms. The molecular weight excluding hydrogens is 306 g/mol. The van der Waals surface area contributed by atoms with E-state index in [1.165, 1.54) is 18.4 Å². The molecular formula is C15H16BrNO2. The third kappa shape index (κ3) is 3.61. The Balaban J connectivity index is 1.56. The number of furan rings is 1. The maximum Gasteiger partial charge on any atom is 0.146 e. The topological polar surface area (TPSA) is 34.4 Å². The molecule has 1 aliphatic carbocycles. The summed E-state index contributed by atoms with van der Waals surface area (Å²) in [5.41, 5.74) is 1.18. The van der Waals surface area contributed by atoms with Crippen LogP contribution < -0.4 is 10.1 Å². The minimum atomic E-state index is 0.469. The third-order valence-corrected chi connectivity index (χ3v) is 3.71. The maximum atomic E-state index is 5.73. The van der Waals surface area contributed by atoms with Gasteiger partial charge in [-0.1, -0.05) is 15.9 Å². The van der Waals surface area contributed by atoms with Crippen molar-refractivity contribution >= 4 is 15.9 Å². The van der Waals surface area contributed by atoms with Gasteiger partial charge in [0, 0.05) is 22.6 Å². The van der Waals surface area contributed by atoms with Gasteiger partial charge in [0.1, 0.15) is 18.1 Å². The van der Waals surface area contributed by atoms with E-state index in [9.17, 15) is 0 Å². The van der Waals surface area contributed by atoms with Crippen molar-refractivity contribution in [2.75, 3.05) is 0 Å². The first kappa shape index (κ1) is 12.8. The van der Waals surface area contributed by atoms with Gasteiger partial charge < -0.3 is 14.5 Å². The summed E-state index contributed by atoms with van der Waals surface area (Å²) in [6.07, 6.45) is 4.31. The molecule has 0 aliphatic heterocycles. The molecule has 2 aromatic rings. The Morgan fingerprint density at radius 2 is 2.00 bits per heavy atom. The highest BCUT2D eigenvalue weighted by molar-refractivity contribution is 9.10. The van der Waals surface area contributed by atoms with Gasteiger partial charge in [-0.05, 0) is 43.2 Å². The Kier molecular flexibility index (Phi) is 3.89. The lowest BCUT2D eigenvalue weighted by atomic mass is 10.2. The first-order chi connectivity index (χ1) is 9.31. The van der Waals surface area contributed by atoms with E-state index in [-0.39, 0.29) is 0 Å². The Labute approximate surface area is 121 Å². The van der Waals surface area contributed by atoms with Crippen molar-refractivity contribution in [1.29, 1.82) is 0 Å².